The van der Waals surface area contributed by atoms with Crippen LogP contribution in [0.2, 0.25) is 0 Å². The minimum Gasteiger partial charge on any atom is -0.457 e. The van der Waals surface area contributed by atoms with Crippen molar-refractivity contribution in [3.63, 3.8) is 0 Å². The molecule has 0 fully saturated rings. The van der Waals surface area contributed by atoms with Gasteiger partial charge in [-0.2, -0.15) is 0 Å². The molecule has 2 heterocycles. The SMILES string of the molecule is O=C(Nc1ccc(Oc2ccccc2)cc1)c1ccc(-c2cccs2)[nH]c1=O. The zero-order chi connectivity index (χ0) is 19.3. The lowest BCUT2D eigenvalue weighted by molar-refractivity contribution is 0.102. The number of ether oxygens (including phenoxy) is 1. The van der Waals surface area contributed by atoms with Crippen LogP contribution in [0.4, 0.5) is 5.69 Å². The monoisotopic (exact) mass is 388 g/mol. The van der Waals surface area contributed by atoms with E-state index >= 15 is 0 Å². The number of aromatic amines is 1. The molecule has 2 aromatic carbocycles. The number of amides is 1. The average Bonchev–Trinajstić information content (AvgIpc) is 3.25. The second-order valence-electron chi connectivity index (χ2n) is 5.99. The van der Waals surface area contributed by atoms with Crippen LogP contribution >= 0.6 is 11.3 Å². The minimum absolute atomic E-state index is 0.0601. The largest absolute Gasteiger partial charge is 0.457 e. The van der Waals surface area contributed by atoms with Gasteiger partial charge in [-0.25, -0.2) is 0 Å². The molecule has 0 saturated carbocycles. The number of para-hydroxylation sites is 1. The number of carbonyl (C=O) groups excluding carboxylic acids is 1. The number of aromatic nitrogens is 1. The highest BCUT2D eigenvalue weighted by Gasteiger charge is 2.12. The maximum Gasteiger partial charge on any atom is 0.261 e. The standard InChI is InChI=1S/C22H16N2O3S/c25-21(18-12-13-19(24-22(18)26)20-7-4-14-28-20)23-15-8-10-17(11-9-15)27-16-5-2-1-3-6-16/h1-14H,(H,23,25)(H,24,26). The lowest BCUT2D eigenvalue weighted by Crippen LogP contribution is -2.23. The number of nitrogens with one attached hydrogen (secondary N) is 2. The summed E-state index contributed by atoms with van der Waals surface area (Å²) in [5, 5.41) is 4.66. The van der Waals surface area contributed by atoms with Gasteiger partial charge in [0, 0.05) is 5.69 Å². The van der Waals surface area contributed by atoms with Crippen molar-refractivity contribution in [2.24, 2.45) is 0 Å². The zero-order valence-corrected chi connectivity index (χ0v) is 15.5. The van der Waals surface area contributed by atoms with Crippen molar-refractivity contribution in [1.82, 2.24) is 4.98 Å². The number of benzene rings is 2. The van der Waals surface area contributed by atoms with Gasteiger partial charge in [-0.1, -0.05) is 24.3 Å². The molecule has 0 bridgehead atoms. The van der Waals surface area contributed by atoms with Crippen LogP contribution in [-0.4, -0.2) is 10.9 Å². The molecule has 0 aliphatic carbocycles. The van der Waals surface area contributed by atoms with E-state index in [0.717, 1.165) is 10.6 Å². The molecular weight excluding hydrogens is 372 g/mol. The number of rotatable bonds is 5. The Labute approximate surface area is 165 Å². The zero-order valence-electron chi connectivity index (χ0n) is 14.7. The lowest BCUT2D eigenvalue weighted by atomic mass is 10.2. The van der Waals surface area contributed by atoms with Crippen molar-refractivity contribution >= 4 is 22.9 Å². The highest BCUT2D eigenvalue weighted by molar-refractivity contribution is 7.13. The predicted octanol–water partition coefficient (Wildman–Crippen LogP) is 5.15. The molecule has 0 saturated heterocycles. The van der Waals surface area contributed by atoms with Gasteiger partial charge in [-0.3, -0.25) is 9.59 Å². The normalized spacial score (nSPS) is 10.4. The van der Waals surface area contributed by atoms with Crippen molar-refractivity contribution < 1.29 is 9.53 Å². The third-order valence-corrected chi connectivity index (χ3v) is 4.93. The van der Waals surface area contributed by atoms with Gasteiger partial charge in [0.1, 0.15) is 17.1 Å². The highest BCUT2D eigenvalue weighted by atomic mass is 32.1. The van der Waals surface area contributed by atoms with Crippen LogP contribution in [-0.2, 0) is 0 Å². The number of hydrogen-bond acceptors (Lipinski definition) is 4. The Kier molecular flexibility index (Phi) is 5.03. The van der Waals surface area contributed by atoms with Gasteiger partial charge in [0.25, 0.3) is 11.5 Å². The molecule has 1 amide bonds. The smallest absolute Gasteiger partial charge is 0.261 e. The Morgan fingerprint density at radius 3 is 2.29 bits per heavy atom. The van der Waals surface area contributed by atoms with Crippen molar-refractivity contribution in [1.29, 1.82) is 0 Å². The van der Waals surface area contributed by atoms with Crippen LogP contribution in [0.3, 0.4) is 0 Å². The molecule has 0 spiro atoms. The Hall–Kier alpha value is -3.64. The van der Waals surface area contributed by atoms with Crippen LogP contribution in [0.15, 0.2) is 89.0 Å². The fraction of sp³-hybridized carbons (Fsp3) is 0. The molecule has 28 heavy (non-hydrogen) atoms. The van der Waals surface area contributed by atoms with Crippen molar-refractivity contribution in [2.75, 3.05) is 5.32 Å². The molecular formula is C22H16N2O3S. The Morgan fingerprint density at radius 2 is 1.61 bits per heavy atom. The van der Waals surface area contributed by atoms with Crippen LogP contribution < -0.4 is 15.6 Å². The second-order valence-corrected chi connectivity index (χ2v) is 6.93. The Morgan fingerprint density at radius 1 is 0.857 bits per heavy atom. The molecule has 0 aliphatic rings. The van der Waals surface area contributed by atoms with E-state index in [1.165, 1.54) is 17.4 Å². The van der Waals surface area contributed by atoms with Gasteiger partial charge in [0.05, 0.1) is 10.6 Å². The van der Waals surface area contributed by atoms with E-state index in [0.29, 0.717) is 17.1 Å². The molecule has 4 rings (SSSR count). The van der Waals surface area contributed by atoms with Crippen LogP contribution in [0.5, 0.6) is 11.5 Å². The molecule has 0 aliphatic heterocycles. The second kappa shape index (κ2) is 7.94. The third-order valence-electron chi connectivity index (χ3n) is 4.03. The Balaban J connectivity index is 1.45. The first-order valence-corrected chi connectivity index (χ1v) is 9.48. The highest BCUT2D eigenvalue weighted by Crippen LogP contribution is 2.23. The van der Waals surface area contributed by atoms with Gasteiger partial charge in [0.15, 0.2) is 0 Å². The maximum atomic E-state index is 12.4. The van der Waals surface area contributed by atoms with Crippen molar-refractivity contribution in [3.05, 3.63) is 100 Å². The van der Waals surface area contributed by atoms with Crippen LogP contribution in [0.25, 0.3) is 10.6 Å². The molecule has 2 N–H and O–H groups in total. The molecule has 138 valence electrons. The van der Waals surface area contributed by atoms with Crippen molar-refractivity contribution in [2.45, 2.75) is 0 Å². The van der Waals surface area contributed by atoms with E-state index in [-0.39, 0.29) is 5.56 Å². The summed E-state index contributed by atoms with van der Waals surface area (Å²) in [5.41, 5.74) is 0.906. The van der Waals surface area contributed by atoms with Gasteiger partial charge in [0.2, 0.25) is 0 Å². The van der Waals surface area contributed by atoms with Crippen molar-refractivity contribution in [3.8, 4) is 22.1 Å². The fourth-order valence-corrected chi connectivity index (χ4v) is 3.36. The van der Waals surface area contributed by atoms with Crippen LogP contribution in [0.1, 0.15) is 10.4 Å². The molecule has 0 radical (unpaired) electrons. The van der Waals surface area contributed by atoms with E-state index < -0.39 is 11.5 Å². The van der Waals surface area contributed by atoms with Crippen LogP contribution in [0, 0.1) is 0 Å². The first kappa shape index (κ1) is 17.8. The van der Waals surface area contributed by atoms with E-state index in [1.807, 2.05) is 47.8 Å². The summed E-state index contributed by atoms with van der Waals surface area (Å²) in [6, 6.07) is 23.5. The first-order valence-electron chi connectivity index (χ1n) is 8.60. The topological polar surface area (TPSA) is 71.2 Å². The number of thiophene rings is 1. The third kappa shape index (κ3) is 4.02. The number of carbonyl (C=O) groups is 1. The van der Waals surface area contributed by atoms with E-state index in [4.69, 9.17) is 4.74 Å². The quantitative estimate of drug-likeness (QED) is 0.497. The molecule has 4 aromatic rings. The van der Waals surface area contributed by atoms with E-state index in [1.54, 1.807) is 30.3 Å². The number of hydrogen-bond donors (Lipinski definition) is 2. The molecule has 6 heteroatoms. The van der Waals surface area contributed by atoms with E-state index in [9.17, 15) is 9.59 Å². The summed E-state index contributed by atoms with van der Waals surface area (Å²) in [5.74, 6) is 0.926. The van der Waals surface area contributed by atoms with Gasteiger partial charge in [-0.15, -0.1) is 11.3 Å². The molecule has 2 aromatic heterocycles. The Bertz CT molecular complexity index is 1130. The lowest BCUT2D eigenvalue weighted by Gasteiger charge is -2.08. The van der Waals surface area contributed by atoms with Gasteiger partial charge < -0.3 is 15.0 Å². The fourth-order valence-electron chi connectivity index (χ4n) is 2.66. The average molecular weight is 388 g/mol. The summed E-state index contributed by atoms with van der Waals surface area (Å²) < 4.78 is 5.72. The molecule has 5 nitrogen and oxygen atoms in total. The minimum atomic E-state index is -0.462. The number of pyridine rings is 1. The van der Waals surface area contributed by atoms with Gasteiger partial charge >= 0.3 is 0 Å². The summed E-state index contributed by atoms with van der Waals surface area (Å²) in [4.78, 5) is 28.4. The summed E-state index contributed by atoms with van der Waals surface area (Å²) in [7, 11) is 0. The van der Waals surface area contributed by atoms with E-state index in [2.05, 4.69) is 10.3 Å². The first-order chi connectivity index (χ1) is 13.7. The summed E-state index contributed by atoms with van der Waals surface area (Å²) in [6.45, 7) is 0. The summed E-state index contributed by atoms with van der Waals surface area (Å²) >= 11 is 1.52. The summed E-state index contributed by atoms with van der Waals surface area (Å²) in [6.07, 6.45) is 0. The maximum absolute atomic E-state index is 12.4. The molecule has 0 atom stereocenters. The molecule has 0 unspecified atom stereocenters. The number of H-pyrrole nitrogens is 1. The predicted molar refractivity (Wildman–Crippen MR) is 111 cm³/mol. The van der Waals surface area contributed by atoms with Gasteiger partial charge in [-0.05, 0) is 60.0 Å². The number of anilines is 1.